The minimum Gasteiger partial charge on any atom is -0.387 e. The van der Waals surface area contributed by atoms with Gasteiger partial charge in [-0.05, 0) is 27.4 Å². The summed E-state index contributed by atoms with van der Waals surface area (Å²) in [5.74, 6) is 0. The molecule has 10 heavy (non-hydrogen) atoms. The van der Waals surface area contributed by atoms with E-state index in [1.54, 1.807) is 11.3 Å². The van der Waals surface area contributed by atoms with E-state index in [1.165, 1.54) is 0 Å². The zero-order valence-electron chi connectivity index (χ0n) is 5.05. The lowest BCUT2D eigenvalue weighted by Gasteiger charge is -2.02. The molecule has 4 heteroatoms. The van der Waals surface area contributed by atoms with Gasteiger partial charge in [0.15, 0.2) is 0 Å². The van der Waals surface area contributed by atoms with E-state index in [-0.39, 0.29) is 6.10 Å². The van der Waals surface area contributed by atoms with Crippen molar-refractivity contribution in [2.24, 2.45) is 0 Å². The van der Waals surface area contributed by atoms with Gasteiger partial charge >= 0.3 is 0 Å². The molecular weight excluding hydrogens is 280 g/mol. The Hall–Kier alpha value is 0.620. The van der Waals surface area contributed by atoms with Crippen LogP contribution in [0.15, 0.2) is 15.9 Å². The quantitative estimate of drug-likeness (QED) is 0.829. The third kappa shape index (κ3) is 1.81. The first-order chi connectivity index (χ1) is 4.75. The van der Waals surface area contributed by atoms with Gasteiger partial charge in [-0.25, -0.2) is 0 Å². The summed E-state index contributed by atoms with van der Waals surface area (Å²) in [6, 6.07) is 1.94. The van der Waals surface area contributed by atoms with Crippen molar-refractivity contribution in [2.45, 2.75) is 6.10 Å². The molecule has 0 bridgehead atoms. The maximum Gasteiger partial charge on any atom is 0.0989 e. The number of alkyl halides is 1. The van der Waals surface area contributed by atoms with Crippen molar-refractivity contribution in [1.29, 1.82) is 0 Å². The van der Waals surface area contributed by atoms with E-state index in [2.05, 4.69) is 31.9 Å². The topological polar surface area (TPSA) is 20.2 Å². The summed E-state index contributed by atoms with van der Waals surface area (Å²) in [6.07, 6.45) is -0.380. The highest BCUT2D eigenvalue weighted by molar-refractivity contribution is 9.10. The van der Waals surface area contributed by atoms with Crippen LogP contribution in [-0.4, -0.2) is 10.4 Å². The van der Waals surface area contributed by atoms with Gasteiger partial charge in [0.2, 0.25) is 0 Å². The Morgan fingerprint density at radius 2 is 2.40 bits per heavy atom. The predicted molar refractivity (Wildman–Crippen MR) is 50.8 cm³/mol. The largest absolute Gasteiger partial charge is 0.387 e. The summed E-state index contributed by atoms with van der Waals surface area (Å²) < 4.78 is 0.990. The molecule has 0 spiro atoms. The van der Waals surface area contributed by atoms with Gasteiger partial charge in [-0.15, -0.1) is 11.3 Å². The van der Waals surface area contributed by atoms with Gasteiger partial charge in [0.1, 0.15) is 0 Å². The molecule has 1 unspecified atom stereocenters. The summed E-state index contributed by atoms with van der Waals surface area (Å²) in [6.45, 7) is 0. The van der Waals surface area contributed by atoms with Crippen LogP contribution < -0.4 is 0 Å². The lowest BCUT2D eigenvalue weighted by molar-refractivity contribution is 0.208. The minimum atomic E-state index is -0.380. The Labute approximate surface area is 80.3 Å². The molecule has 0 saturated heterocycles. The second-order valence-electron chi connectivity index (χ2n) is 1.80. The predicted octanol–water partition coefficient (Wildman–Crippen LogP) is 2.94. The van der Waals surface area contributed by atoms with E-state index in [4.69, 9.17) is 0 Å². The highest BCUT2D eigenvalue weighted by Gasteiger charge is 2.09. The Kier molecular flexibility index (Phi) is 3.36. The number of thiophene rings is 1. The molecule has 0 saturated carbocycles. The van der Waals surface area contributed by atoms with E-state index >= 15 is 0 Å². The van der Waals surface area contributed by atoms with Crippen LogP contribution in [0, 0.1) is 0 Å². The molecule has 0 aliphatic heterocycles. The van der Waals surface area contributed by atoms with Gasteiger partial charge in [-0.2, -0.15) is 0 Å². The molecule has 0 aliphatic rings. The van der Waals surface area contributed by atoms with E-state index < -0.39 is 0 Å². The normalized spacial score (nSPS) is 13.5. The number of aliphatic hydroxyl groups excluding tert-OH is 1. The van der Waals surface area contributed by atoms with Crippen LogP contribution in [0.25, 0.3) is 0 Å². The maximum absolute atomic E-state index is 9.33. The number of hydrogen-bond acceptors (Lipinski definition) is 2. The van der Waals surface area contributed by atoms with Crippen molar-refractivity contribution < 1.29 is 5.11 Å². The van der Waals surface area contributed by atoms with Gasteiger partial charge in [0.25, 0.3) is 0 Å². The van der Waals surface area contributed by atoms with E-state index in [0.717, 1.165) is 9.35 Å². The monoisotopic (exact) mass is 284 g/mol. The molecule has 1 atom stereocenters. The third-order valence-electron chi connectivity index (χ3n) is 1.09. The molecule has 56 valence electrons. The molecule has 1 aromatic heterocycles. The van der Waals surface area contributed by atoms with Crippen LogP contribution in [0.1, 0.15) is 11.0 Å². The number of aliphatic hydroxyl groups is 1. The lowest BCUT2D eigenvalue weighted by Crippen LogP contribution is -1.94. The van der Waals surface area contributed by atoms with Gasteiger partial charge in [-0.1, -0.05) is 15.9 Å². The first-order valence-corrected chi connectivity index (χ1v) is 5.52. The zero-order chi connectivity index (χ0) is 7.56. The smallest absolute Gasteiger partial charge is 0.0989 e. The summed E-state index contributed by atoms with van der Waals surface area (Å²) >= 11 is 8.10. The average Bonchev–Trinajstić information content (AvgIpc) is 2.34. The van der Waals surface area contributed by atoms with Crippen LogP contribution in [0.3, 0.4) is 0 Å². The van der Waals surface area contributed by atoms with Crippen molar-refractivity contribution in [3.05, 3.63) is 20.8 Å². The molecule has 1 heterocycles. The van der Waals surface area contributed by atoms with Gasteiger partial charge in [-0.3, -0.25) is 0 Å². The first-order valence-electron chi connectivity index (χ1n) is 2.72. The Morgan fingerprint density at radius 1 is 1.70 bits per heavy atom. The van der Waals surface area contributed by atoms with Crippen LogP contribution >= 0.6 is 43.2 Å². The van der Waals surface area contributed by atoms with Crippen molar-refractivity contribution >= 4 is 43.2 Å². The fourth-order valence-electron chi connectivity index (χ4n) is 0.613. The fourth-order valence-corrected chi connectivity index (χ4v) is 2.77. The van der Waals surface area contributed by atoms with E-state index in [9.17, 15) is 5.11 Å². The number of hydrogen-bond donors (Lipinski definition) is 1. The third-order valence-corrected chi connectivity index (χ3v) is 3.68. The standard InChI is InChI=1S/C6H6Br2OS/c7-3-5(9)6-4(8)1-2-10-6/h1-2,5,9H,3H2. The summed E-state index contributed by atoms with van der Waals surface area (Å²) in [7, 11) is 0. The number of rotatable bonds is 2. The highest BCUT2D eigenvalue weighted by Crippen LogP contribution is 2.29. The van der Waals surface area contributed by atoms with Crippen LogP contribution in [0.2, 0.25) is 0 Å². The van der Waals surface area contributed by atoms with Crippen LogP contribution in [0.5, 0.6) is 0 Å². The second kappa shape index (κ2) is 3.85. The molecule has 1 N–H and O–H groups in total. The van der Waals surface area contributed by atoms with E-state index in [0.29, 0.717) is 5.33 Å². The van der Waals surface area contributed by atoms with Gasteiger partial charge in [0.05, 0.1) is 6.10 Å². The summed E-state index contributed by atoms with van der Waals surface area (Å²) in [5, 5.41) is 11.9. The molecule has 0 aromatic carbocycles. The Bertz CT molecular complexity index is 211. The molecule has 1 rings (SSSR count). The molecule has 1 aromatic rings. The van der Waals surface area contributed by atoms with Gasteiger partial charge < -0.3 is 5.11 Å². The van der Waals surface area contributed by atoms with Crippen molar-refractivity contribution in [1.82, 2.24) is 0 Å². The zero-order valence-corrected chi connectivity index (χ0v) is 9.04. The minimum absolute atomic E-state index is 0.380. The average molecular weight is 286 g/mol. The molecule has 0 radical (unpaired) electrons. The highest BCUT2D eigenvalue weighted by atomic mass is 79.9. The lowest BCUT2D eigenvalue weighted by atomic mass is 10.3. The first kappa shape index (κ1) is 8.71. The number of halogens is 2. The van der Waals surface area contributed by atoms with Gasteiger partial charge in [0, 0.05) is 14.7 Å². The van der Waals surface area contributed by atoms with Crippen LogP contribution in [-0.2, 0) is 0 Å². The van der Waals surface area contributed by atoms with Crippen molar-refractivity contribution in [3.63, 3.8) is 0 Å². The molecule has 0 aliphatic carbocycles. The van der Waals surface area contributed by atoms with Crippen molar-refractivity contribution in [3.8, 4) is 0 Å². The SMILES string of the molecule is OC(CBr)c1sccc1Br. The maximum atomic E-state index is 9.33. The molecule has 0 amide bonds. The molecular formula is C6H6Br2OS. The fraction of sp³-hybridized carbons (Fsp3) is 0.333. The van der Waals surface area contributed by atoms with Crippen LogP contribution in [0.4, 0.5) is 0 Å². The summed E-state index contributed by atoms with van der Waals surface area (Å²) in [5.41, 5.74) is 0. The molecule has 0 fully saturated rings. The Morgan fingerprint density at radius 3 is 2.80 bits per heavy atom. The van der Waals surface area contributed by atoms with Crippen molar-refractivity contribution in [2.75, 3.05) is 5.33 Å². The second-order valence-corrected chi connectivity index (χ2v) is 4.25. The Balaban J connectivity index is 2.82. The molecule has 1 nitrogen and oxygen atoms in total. The van der Waals surface area contributed by atoms with E-state index in [1.807, 2.05) is 11.4 Å². The summed E-state index contributed by atoms with van der Waals surface area (Å²) in [4.78, 5) is 0.983.